The molecule has 0 aromatic carbocycles. The summed E-state index contributed by atoms with van der Waals surface area (Å²) in [5.74, 6) is 0.594. The summed E-state index contributed by atoms with van der Waals surface area (Å²) < 4.78 is 4.58. The van der Waals surface area contributed by atoms with Gasteiger partial charge in [0, 0.05) is 13.3 Å². The summed E-state index contributed by atoms with van der Waals surface area (Å²) in [6.07, 6.45) is 2.72. The summed E-state index contributed by atoms with van der Waals surface area (Å²) >= 11 is 0. The molecule has 0 aromatic rings. The van der Waals surface area contributed by atoms with Crippen LogP contribution in [0.1, 0.15) is 13.3 Å². The maximum atomic E-state index is 10.0. The van der Waals surface area contributed by atoms with E-state index >= 15 is 0 Å². The number of esters is 1. The average molecular weight is 122 g/mol. The fourth-order valence-corrected chi connectivity index (χ4v) is 0.310. The van der Waals surface area contributed by atoms with Crippen LogP contribution in [0.5, 0.6) is 0 Å². The summed E-state index contributed by atoms with van der Waals surface area (Å²) in [6.45, 7) is 1.40. The van der Waals surface area contributed by atoms with E-state index in [1.54, 1.807) is 0 Å². The Morgan fingerprint density at radius 2 is 2.38 bits per heavy atom. The fraction of sp³-hybridized carbons (Fsp3) is 0.400. The van der Waals surface area contributed by atoms with Crippen LogP contribution in [0, 0.1) is 0 Å². The molecule has 0 fully saturated rings. The zero-order valence-electron chi connectivity index (χ0n) is 4.10. The van der Waals surface area contributed by atoms with E-state index in [0.717, 1.165) is 12.2 Å². The summed E-state index contributed by atoms with van der Waals surface area (Å²) in [5.41, 5.74) is 0. The summed E-state index contributed by atoms with van der Waals surface area (Å²) in [6, 6.07) is 0. The molecular formula is C5H7NaO2. The van der Waals surface area contributed by atoms with Crippen LogP contribution in [0.4, 0.5) is 0 Å². The molecule has 2 nitrogen and oxygen atoms in total. The molecule has 1 aliphatic carbocycles. The van der Waals surface area contributed by atoms with E-state index in [1.165, 1.54) is 6.92 Å². The normalized spacial score (nSPS) is 13.4. The maximum absolute atomic E-state index is 10.0. The van der Waals surface area contributed by atoms with Crippen molar-refractivity contribution in [1.82, 2.24) is 0 Å². The van der Waals surface area contributed by atoms with Gasteiger partial charge in [-0.3, -0.25) is 4.79 Å². The van der Waals surface area contributed by atoms with E-state index < -0.39 is 0 Å². The van der Waals surface area contributed by atoms with Crippen molar-refractivity contribution >= 4 is 35.5 Å². The van der Waals surface area contributed by atoms with Gasteiger partial charge in [-0.1, -0.05) is 0 Å². The van der Waals surface area contributed by atoms with E-state index in [-0.39, 0.29) is 35.5 Å². The third kappa shape index (κ3) is 3.24. The Kier molecular flexibility index (Phi) is 3.36. The third-order valence-electron chi connectivity index (χ3n) is 0.646. The Bertz CT molecular complexity index is 128. The molecule has 0 radical (unpaired) electrons. The van der Waals surface area contributed by atoms with Gasteiger partial charge in [0.2, 0.25) is 0 Å². The molecule has 8 heavy (non-hydrogen) atoms. The second-order valence-corrected chi connectivity index (χ2v) is 1.47. The minimum atomic E-state index is -0.219. The monoisotopic (exact) mass is 122 g/mol. The van der Waals surface area contributed by atoms with Gasteiger partial charge in [0.1, 0.15) is 5.76 Å². The van der Waals surface area contributed by atoms with E-state index in [0.29, 0.717) is 0 Å². The van der Waals surface area contributed by atoms with Gasteiger partial charge in [0.25, 0.3) is 0 Å². The molecule has 0 saturated heterocycles. The number of carbonyl (C=O) groups is 1. The first-order valence-electron chi connectivity index (χ1n) is 2.16. The van der Waals surface area contributed by atoms with Crippen LogP contribution < -0.4 is 0 Å². The molecule has 3 heteroatoms. The number of carbonyl (C=O) groups excluding carboxylic acids is 1. The van der Waals surface area contributed by atoms with Crippen molar-refractivity contribution in [3.63, 3.8) is 0 Å². The van der Waals surface area contributed by atoms with Crippen LogP contribution in [0.25, 0.3) is 0 Å². The van der Waals surface area contributed by atoms with Crippen molar-refractivity contribution in [3.05, 3.63) is 11.8 Å². The minimum absolute atomic E-state index is 0. The van der Waals surface area contributed by atoms with Crippen LogP contribution in [0.2, 0.25) is 0 Å². The Balaban J connectivity index is 0.000000490. The van der Waals surface area contributed by atoms with Gasteiger partial charge in [0.05, 0.1) is 0 Å². The predicted octanol–water partition coefficient (Wildman–Crippen LogP) is 0.189. The number of hydrogen-bond donors (Lipinski definition) is 0. The molecule has 0 atom stereocenters. The standard InChI is InChI=1S/C5H6O2.Na.H/c1-4(6)7-5-2-3-5;;/h2H,3H2,1H3;;. The van der Waals surface area contributed by atoms with E-state index in [4.69, 9.17) is 0 Å². The summed E-state index contributed by atoms with van der Waals surface area (Å²) in [5, 5.41) is 0. The molecule has 0 unspecified atom stereocenters. The molecule has 1 aliphatic rings. The van der Waals surface area contributed by atoms with Crippen molar-refractivity contribution in [3.8, 4) is 0 Å². The molecule has 0 N–H and O–H groups in total. The first kappa shape index (κ1) is 8.21. The van der Waals surface area contributed by atoms with Crippen molar-refractivity contribution in [2.45, 2.75) is 13.3 Å². The zero-order chi connectivity index (χ0) is 5.28. The molecule has 0 aliphatic heterocycles. The third-order valence-corrected chi connectivity index (χ3v) is 0.646. The molecule has 0 heterocycles. The van der Waals surface area contributed by atoms with E-state index in [9.17, 15) is 4.79 Å². The van der Waals surface area contributed by atoms with E-state index in [2.05, 4.69) is 4.74 Å². The number of hydrogen-bond acceptors (Lipinski definition) is 2. The second kappa shape index (κ2) is 3.28. The van der Waals surface area contributed by atoms with Crippen molar-refractivity contribution < 1.29 is 9.53 Å². The van der Waals surface area contributed by atoms with Crippen molar-refractivity contribution in [2.75, 3.05) is 0 Å². The van der Waals surface area contributed by atoms with Crippen LogP contribution in [0.15, 0.2) is 11.8 Å². The number of ether oxygens (including phenoxy) is 1. The Hall–Kier alpha value is 0.210. The van der Waals surface area contributed by atoms with Crippen molar-refractivity contribution in [1.29, 1.82) is 0 Å². The molecule has 0 saturated carbocycles. The fourth-order valence-electron chi connectivity index (χ4n) is 0.310. The molecule has 1 rings (SSSR count). The van der Waals surface area contributed by atoms with Crippen LogP contribution in [0.3, 0.4) is 0 Å². The first-order valence-corrected chi connectivity index (χ1v) is 2.16. The average Bonchev–Trinajstić information content (AvgIpc) is 2.17. The van der Waals surface area contributed by atoms with Crippen LogP contribution in [-0.4, -0.2) is 35.5 Å². The van der Waals surface area contributed by atoms with Gasteiger partial charge < -0.3 is 4.74 Å². The molecule has 0 amide bonds. The first-order chi connectivity index (χ1) is 3.29. The zero-order valence-corrected chi connectivity index (χ0v) is 4.10. The molecule has 0 spiro atoms. The van der Waals surface area contributed by atoms with Crippen LogP contribution >= 0.6 is 0 Å². The molecule has 0 aromatic heterocycles. The molecule has 40 valence electrons. The summed E-state index contributed by atoms with van der Waals surface area (Å²) in [7, 11) is 0. The summed E-state index contributed by atoms with van der Waals surface area (Å²) in [4.78, 5) is 10.0. The van der Waals surface area contributed by atoms with Gasteiger partial charge in [-0.2, -0.15) is 0 Å². The molecular weight excluding hydrogens is 115 g/mol. The van der Waals surface area contributed by atoms with Gasteiger partial charge in [-0.25, -0.2) is 0 Å². The Labute approximate surface area is 70.2 Å². The van der Waals surface area contributed by atoms with Gasteiger partial charge >= 0.3 is 35.5 Å². The van der Waals surface area contributed by atoms with Gasteiger partial charge in [-0.15, -0.1) is 0 Å². The van der Waals surface area contributed by atoms with Crippen LogP contribution in [-0.2, 0) is 9.53 Å². The molecule has 0 bridgehead atoms. The topological polar surface area (TPSA) is 26.3 Å². The quantitative estimate of drug-likeness (QED) is 0.366. The van der Waals surface area contributed by atoms with Gasteiger partial charge in [-0.05, 0) is 6.08 Å². The van der Waals surface area contributed by atoms with Gasteiger partial charge in [0.15, 0.2) is 0 Å². The Morgan fingerprint density at radius 3 is 2.50 bits per heavy atom. The number of allylic oxidation sites excluding steroid dienone is 2. The van der Waals surface area contributed by atoms with E-state index in [1.807, 2.05) is 6.08 Å². The SMILES string of the molecule is CC(=O)OC1=CC1.[NaH]. The predicted molar refractivity (Wildman–Crippen MR) is 31.6 cm³/mol. The number of rotatable bonds is 1. The van der Waals surface area contributed by atoms with Crippen molar-refractivity contribution in [2.24, 2.45) is 0 Å². The second-order valence-electron chi connectivity index (χ2n) is 1.47. The Morgan fingerprint density at radius 1 is 1.88 bits per heavy atom.